The van der Waals surface area contributed by atoms with Crippen LogP contribution >= 0.6 is 11.3 Å². The van der Waals surface area contributed by atoms with Crippen LogP contribution in [0.3, 0.4) is 0 Å². The molecule has 0 fully saturated rings. The zero-order valence-corrected chi connectivity index (χ0v) is 11.6. The molecule has 0 amide bonds. The molecule has 2 nitrogen and oxygen atoms in total. The highest BCUT2D eigenvalue weighted by Gasteiger charge is 2.38. The Hall–Kier alpha value is -1.19. The molecule has 0 saturated carbocycles. The van der Waals surface area contributed by atoms with E-state index in [1.54, 1.807) is 11.3 Å². The van der Waals surface area contributed by atoms with Crippen molar-refractivity contribution in [3.05, 3.63) is 52.0 Å². The van der Waals surface area contributed by atoms with Crippen LogP contribution in [-0.4, -0.2) is 4.98 Å². The average molecular weight is 258 g/mol. The van der Waals surface area contributed by atoms with E-state index in [0.29, 0.717) is 6.04 Å². The lowest BCUT2D eigenvalue weighted by Gasteiger charge is -2.28. The molecular formula is C15H18N2S. The van der Waals surface area contributed by atoms with Gasteiger partial charge in [0.15, 0.2) is 0 Å². The third-order valence-corrected chi connectivity index (χ3v) is 4.54. The summed E-state index contributed by atoms with van der Waals surface area (Å²) in [7, 11) is 0. The number of hydrogen-bond acceptors (Lipinski definition) is 3. The number of hydrogen-bond donors (Lipinski definition) is 1. The lowest BCUT2D eigenvalue weighted by Crippen LogP contribution is -2.30. The molecule has 1 N–H and O–H groups in total. The van der Waals surface area contributed by atoms with E-state index in [-0.39, 0.29) is 5.41 Å². The van der Waals surface area contributed by atoms with Crippen LogP contribution in [0.25, 0.3) is 0 Å². The first kappa shape index (κ1) is 11.9. The molecule has 1 aliphatic rings. The Kier molecular flexibility index (Phi) is 2.96. The molecule has 94 valence electrons. The first-order chi connectivity index (χ1) is 8.67. The van der Waals surface area contributed by atoms with Crippen molar-refractivity contribution in [2.75, 3.05) is 0 Å². The van der Waals surface area contributed by atoms with Gasteiger partial charge in [-0.05, 0) is 23.0 Å². The molecule has 0 bridgehead atoms. The molecule has 3 heteroatoms. The van der Waals surface area contributed by atoms with Crippen molar-refractivity contribution in [1.29, 1.82) is 0 Å². The summed E-state index contributed by atoms with van der Waals surface area (Å²) in [5.41, 5.74) is 5.13. The van der Waals surface area contributed by atoms with Gasteiger partial charge in [-0.1, -0.05) is 38.1 Å². The highest BCUT2D eigenvalue weighted by Crippen LogP contribution is 2.45. The molecule has 1 unspecified atom stereocenters. The molecule has 1 heterocycles. The predicted octanol–water partition coefficient (Wildman–Crippen LogP) is 3.56. The van der Waals surface area contributed by atoms with E-state index in [1.165, 1.54) is 16.0 Å². The number of fused-ring (bicyclic) bond motifs is 1. The van der Waals surface area contributed by atoms with Crippen molar-refractivity contribution in [2.45, 2.75) is 32.9 Å². The summed E-state index contributed by atoms with van der Waals surface area (Å²) in [6, 6.07) is 9.23. The van der Waals surface area contributed by atoms with Crippen LogP contribution in [0.4, 0.5) is 0 Å². The number of thiazole rings is 1. The summed E-state index contributed by atoms with van der Waals surface area (Å²) < 4.78 is 0. The molecule has 1 aliphatic carbocycles. The Labute approximate surface area is 112 Å². The normalized spacial score (nSPS) is 20.9. The van der Waals surface area contributed by atoms with E-state index in [0.717, 1.165) is 13.0 Å². The van der Waals surface area contributed by atoms with Gasteiger partial charge in [-0.3, -0.25) is 4.98 Å². The van der Waals surface area contributed by atoms with Gasteiger partial charge in [-0.15, -0.1) is 11.3 Å². The maximum atomic E-state index is 4.13. The number of aromatic nitrogens is 1. The Morgan fingerprint density at radius 2 is 2.22 bits per heavy atom. The summed E-state index contributed by atoms with van der Waals surface area (Å²) in [6.45, 7) is 5.60. The van der Waals surface area contributed by atoms with Crippen molar-refractivity contribution < 1.29 is 0 Å². The van der Waals surface area contributed by atoms with Gasteiger partial charge < -0.3 is 5.32 Å². The van der Waals surface area contributed by atoms with Gasteiger partial charge in [0.1, 0.15) is 0 Å². The molecular weight excluding hydrogens is 240 g/mol. The van der Waals surface area contributed by atoms with Gasteiger partial charge in [0.05, 0.1) is 5.51 Å². The zero-order valence-electron chi connectivity index (χ0n) is 10.8. The highest BCUT2D eigenvalue weighted by atomic mass is 32.1. The molecule has 1 aromatic carbocycles. The van der Waals surface area contributed by atoms with Crippen LogP contribution < -0.4 is 5.32 Å². The molecule has 0 radical (unpaired) electrons. The van der Waals surface area contributed by atoms with E-state index >= 15 is 0 Å². The van der Waals surface area contributed by atoms with Crippen LogP contribution in [0.2, 0.25) is 0 Å². The van der Waals surface area contributed by atoms with Crippen LogP contribution in [0.5, 0.6) is 0 Å². The van der Waals surface area contributed by atoms with Gasteiger partial charge >= 0.3 is 0 Å². The third kappa shape index (κ3) is 2.08. The van der Waals surface area contributed by atoms with Crippen molar-refractivity contribution in [3.8, 4) is 0 Å². The fourth-order valence-corrected chi connectivity index (χ4v) is 3.45. The fourth-order valence-electron chi connectivity index (χ4n) is 2.91. The molecule has 0 aliphatic heterocycles. The van der Waals surface area contributed by atoms with Gasteiger partial charge in [0.2, 0.25) is 0 Å². The second-order valence-electron chi connectivity index (χ2n) is 5.65. The molecule has 0 spiro atoms. The first-order valence-corrected chi connectivity index (χ1v) is 7.23. The smallest absolute Gasteiger partial charge is 0.0794 e. The van der Waals surface area contributed by atoms with Crippen molar-refractivity contribution in [3.63, 3.8) is 0 Å². The fraction of sp³-hybridized carbons (Fsp3) is 0.400. The molecule has 1 atom stereocenters. The number of nitrogens with zero attached hydrogens (tertiary/aromatic N) is 1. The second-order valence-corrected chi connectivity index (χ2v) is 6.62. The monoisotopic (exact) mass is 258 g/mol. The summed E-state index contributed by atoms with van der Waals surface area (Å²) in [5.74, 6) is 0. The van der Waals surface area contributed by atoms with Crippen molar-refractivity contribution in [2.24, 2.45) is 5.41 Å². The topological polar surface area (TPSA) is 24.9 Å². The van der Waals surface area contributed by atoms with Crippen LogP contribution in [0.15, 0.2) is 36.0 Å². The van der Waals surface area contributed by atoms with Gasteiger partial charge in [0, 0.05) is 23.7 Å². The minimum Gasteiger partial charge on any atom is -0.304 e. The average Bonchev–Trinajstić information content (AvgIpc) is 2.91. The standard InChI is InChI=1S/C15H18N2S/c1-15(2)7-11-5-3-4-6-13(11)14(15)17-9-12-8-16-10-18-12/h3-6,8,10,14,17H,7,9H2,1-2H3. The van der Waals surface area contributed by atoms with Crippen LogP contribution in [-0.2, 0) is 13.0 Å². The highest BCUT2D eigenvalue weighted by molar-refractivity contribution is 7.09. The molecule has 18 heavy (non-hydrogen) atoms. The minimum atomic E-state index is 0.286. The zero-order chi connectivity index (χ0) is 12.6. The van der Waals surface area contributed by atoms with Crippen LogP contribution in [0, 0.1) is 5.41 Å². The predicted molar refractivity (Wildman–Crippen MR) is 75.6 cm³/mol. The third-order valence-electron chi connectivity index (χ3n) is 3.76. The summed E-state index contributed by atoms with van der Waals surface area (Å²) in [5, 5.41) is 3.70. The van der Waals surface area contributed by atoms with Gasteiger partial charge in [-0.25, -0.2) is 0 Å². The van der Waals surface area contributed by atoms with Crippen LogP contribution in [0.1, 0.15) is 35.9 Å². The maximum Gasteiger partial charge on any atom is 0.0794 e. The Morgan fingerprint density at radius 3 is 3.00 bits per heavy atom. The number of nitrogens with one attached hydrogen (secondary N) is 1. The Bertz CT molecular complexity index is 531. The molecule has 0 saturated heterocycles. The summed E-state index contributed by atoms with van der Waals surface area (Å²) in [4.78, 5) is 5.43. The first-order valence-electron chi connectivity index (χ1n) is 6.35. The van der Waals surface area contributed by atoms with E-state index in [1.807, 2.05) is 11.7 Å². The van der Waals surface area contributed by atoms with Crippen molar-refractivity contribution in [1.82, 2.24) is 10.3 Å². The lowest BCUT2D eigenvalue weighted by atomic mass is 9.85. The quantitative estimate of drug-likeness (QED) is 0.910. The lowest BCUT2D eigenvalue weighted by molar-refractivity contribution is 0.268. The van der Waals surface area contributed by atoms with Gasteiger partial charge in [0.25, 0.3) is 0 Å². The Balaban J connectivity index is 1.81. The Morgan fingerprint density at radius 1 is 1.39 bits per heavy atom. The van der Waals surface area contributed by atoms with Crippen molar-refractivity contribution >= 4 is 11.3 Å². The summed E-state index contributed by atoms with van der Waals surface area (Å²) in [6.07, 6.45) is 3.11. The summed E-state index contributed by atoms with van der Waals surface area (Å²) >= 11 is 1.71. The SMILES string of the molecule is CC1(C)Cc2ccccc2C1NCc1cncs1. The second kappa shape index (κ2) is 4.48. The molecule has 2 aromatic rings. The van der Waals surface area contributed by atoms with E-state index in [4.69, 9.17) is 0 Å². The van der Waals surface area contributed by atoms with E-state index in [9.17, 15) is 0 Å². The largest absolute Gasteiger partial charge is 0.304 e. The van der Waals surface area contributed by atoms with E-state index < -0.39 is 0 Å². The minimum absolute atomic E-state index is 0.286. The van der Waals surface area contributed by atoms with E-state index in [2.05, 4.69) is 48.4 Å². The number of rotatable bonds is 3. The maximum absolute atomic E-state index is 4.13. The molecule has 1 aromatic heterocycles. The number of benzene rings is 1. The molecule has 3 rings (SSSR count). The van der Waals surface area contributed by atoms with Gasteiger partial charge in [-0.2, -0.15) is 0 Å².